The van der Waals surface area contributed by atoms with Crippen molar-refractivity contribution in [3.63, 3.8) is 0 Å². The molecule has 132 valence electrons. The van der Waals surface area contributed by atoms with E-state index in [-0.39, 0.29) is 18.4 Å². The molecule has 0 aromatic heterocycles. The molecule has 0 aliphatic carbocycles. The number of carbonyl (C=O) groups excluding carboxylic acids is 2. The molecule has 6 nitrogen and oxygen atoms in total. The highest BCUT2D eigenvalue weighted by atomic mass is 16.5. The van der Waals surface area contributed by atoms with Gasteiger partial charge in [0.2, 0.25) is 0 Å². The molecule has 2 rings (SSSR count). The summed E-state index contributed by atoms with van der Waals surface area (Å²) in [5.41, 5.74) is 1.54. The quantitative estimate of drug-likeness (QED) is 0.719. The Labute approximate surface area is 147 Å². The number of hydrogen-bond acceptors (Lipinski definition) is 4. The number of para-hydroxylation sites is 2. The number of hydrogen-bond donors (Lipinski definition) is 2. The van der Waals surface area contributed by atoms with Crippen LogP contribution in [0.3, 0.4) is 0 Å². The summed E-state index contributed by atoms with van der Waals surface area (Å²) in [6.45, 7) is 2.43. The number of rotatable bonds is 8. The summed E-state index contributed by atoms with van der Waals surface area (Å²) in [7, 11) is 1.54. The van der Waals surface area contributed by atoms with E-state index < -0.39 is 0 Å². The molecule has 0 bridgehead atoms. The van der Waals surface area contributed by atoms with Crippen molar-refractivity contribution in [3.8, 4) is 11.5 Å². The van der Waals surface area contributed by atoms with Crippen LogP contribution in [0.5, 0.6) is 11.5 Å². The third-order valence-corrected chi connectivity index (χ3v) is 3.55. The monoisotopic (exact) mass is 342 g/mol. The van der Waals surface area contributed by atoms with Crippen LogP contribution in [0.15, 0.2) is 48.5 Å². The topological polar surface area (TPSA) is 76.7 Å². The Balaban J connectivity index is 1.69. The van der Waals surface area contributed by atoms with Crippen LogP contribution in [0, 0.1) is 6.92 Å². The van der Waals surface area contributed by atoms with Gasteiger partial charge in [-0.2, -0.15) is 0 Å². The van der Waals surface area contributed by atoms with Crippen LogP contribution < -0.4 is 20.1 Å². The van der Waals surface area contributed by atoms with Crippen LogP contribution in [0.4, 0.5) is 0 Å². The summed E-state index contributed by atoms with van der Waals surface area (Å²) in [6, 6.07) is 14.5. The van der Waals surface area contributed by atoms with E-state index in [0.717, 1.165) is 5.56 Å². The summed E-state index contributed by atoms with van der Waals surface area (Å²) in [4.78, 5) is 23.8. The molecule has 0 saturated carbocycles. The van der Waals surface area contributed by atoms with Crippen molar-refractivity contribution < 1.29 is 19.1 Å². The van der Waals surface area contributed by atoms with Gasteiger partial charge in [-0.05, 0) is 30.7 Å². The number of nitrogens with one attached hydrogen (secondary N) is 2. The van der Waals surface area contributed by atoms with Crippen LogP contribution in [-0.2, 0) is 4.79 Å². The number of methoxy groups -OCH3 is 1. The van der Waals surface area contributed by atoms with E-state index in [1.807, 2.05) is 31.2 Å². The van der Waals surface area contributed by atoms with E-state index in [2.05, 4.69) is 10.6 Å². The second kappa shape index (κ2) is 9.32. The molecule has 0 aliphatic rings. The normalized spacial score (nSPS) is 10.0. The Morgan fingerprint density at radius 2 is 1.56 bits per heavy atom. The minimum atomic E-state index is -0.268. The van der Waals surface area contributed by atoms with Gasteiger partial charge in [0.1, 0.15) is 0 Å². The lowest BCUT2D eigenvalue weighted by Crippen LogP contribution is -2.37. The molecular formula is C19H22N2O4. The Morgan fingerprint density at radius 1 is 0.920 bits per heavy atom. The SMILES string of the molecule is COc1ccccc1OCC(=O)NCCNC(=O)c1ccccc1C. The standard InChI is InChI=1S/C19H22N2O4/c1-14-7-3-4-8-15(14)19(23)21-12-11-20-18(22)13-25-17-10-6-5-9-16(17)24-2/h3-10H,11-13H2,1-2H3,(H,20,22)(H,21,23). The van der Waals surface area contributed by atoms with E-state index in [1.54, 1.807) is 31.4 Å². The number of ether oxygens (including phenoxy) is 2. The molecule has 2 amide bonds. The van der Waals surface area contributed by atoms with Crippen molar-refractivity contribution in [1.29, 1.82) is 0 Å². The van der Waals surface area contributed by atoms with Gasteiger partial charge in [0.15, 0.2) is 18.1 Å². The molecule has 0 radical (unpaired) electrons. The van der Waals surface area contributed by atoms with E-state index in [1.165, 1.54) is 0 Å². The fourth-order valence-corrected chi connectivity index (χ4v) is 2.23. The van der Waals surface area contributed by atoms with E-state index in [0.29, 0.717) is 30.2 Å². The van der Waals surface area contributed by atoms with Gasteiger partial charge in [0, 0.05) is 18.7 Å². The number of amides is 2. The maximum absolute atomic E-state index is 12.0. The van der Waals surface area contributed by atoms with Crippen molar-refractivity contribution in [1.82, 2.24) is 10.6 Å². The summed E-state index contributed by atoms with van der Waals surface area (Å²) in [5, 5.41) is 5.47. The first-order valence-electron chi connectivity index (χ1n) is 7.98. The fraction of sp³-hybridized carbons (Fsp3) is 0.263. The summed E-state index contributed by atoms with van der Waals surface area (Å²) < 4.78 is 10.6. The van der Waals surface area contributed by atoms with Gasteiger partial charge < -0.3 is 20.1 Å². The molecule has 0 atom stereocenters. The lowest BCUT2D eigenvalue weighted by molar-refractivity contribution is -0.123. The Bertz CT molecular complexity index is 731. The van der Waals surface area contributed by atoms with E-state index >= 15 is 0 Å². The summed E-state index contributed by atoms with van der Waals surface area (Å²) in [6.07, 6.45) is 0. The van der Waals surface area contributed by atoms with E-state index in [9.17, 15) is 9.59 Å². The van der Waals surface area contributed by atoms with Crippen LogP contribution in [-0.4, -0.2) is 38.6 Å². The van der Waals surface area contributed by atoms with Gasteiger partial charge in [-0.1, -0.05) is 30.3 Å². The smallest absolute Gasteiger partial charge is 0.258 e. The summed E-state index contributed by atoms with van der Waals surface area (Å²) in [5.74, 6) is 0.655. The van der Waals surface area contributed by atoms with Crippen molar-refractivity contribution >= 4 is 11.8 Å². The second-order valence-electron chi connectivity index (χ2n) is 5.36. The molecule has 0 heterocycles. The lowest BCUT2D eigenvalue weighted by atomic mass is 10.1. The van der Waals surface area contributed by atoms with Gasteiger partial charge in [-0.3, -0.25) is 9.59 Å². The molecule has 25 heavy (non-hydrogen) atoms. The Morgan fingerprint density at radius 3 is 2.28 bits per heavy atom. The van der Waals surface area contributed by atoms with Crippen LogP contribution >= 0.6 is 0 Å². The zero-order valence-corrected chi connectivity index (χ0v) is 14.4. The highest BCUT2D eigenvalue weighted by Crippen LogP contribution is 2.25. The van der Waals surface area contributed by atoms with Gasteiger partial charge in [-0.15, -0.1) is 0 Å². The number of carbonyl (C=O) groups is 2. The fourth-order valence-electron chi connectivity index (χ4n) is 2.23. The van der Waals surface area contributed by atoms with Crippen molar-refractivity contribution in [2.24, 2.45) is 0 Å². The molecule has 6 heteroatoms. The highest BCUT2D eigenvalue weighted by Gasteiger charge is 2.08. The molecular weight excluding hydrogens is 320 g/mol. The van der Waals surface area contributed by atoms with Crippen molar-refractivity contribution in [3.05, 3.63) is 59.7 Å². The molecule has 2 aromatic carbocycles. The number of aryl methyl sites for hydroxylation is 1. The number of benzene rings is 2. The molecule has 2 aromatic rings. The first-order valence-corrected chi connectivity index (χ1v) is 7.98. The van der Waals surface area contributed by atoms with Gasteiger partial charge in [0.05, 0.1) is 7.11 Å². The van der Waals surface area contributed by atoms with Gasteiger partial charge >= 0.3 is 0 Å². The van der Waals surface area contributed by atoms with E-state index in [4.69, 9.17) is 9.47 Å². The van der Waals surface area contributed by atoms with Crippen LogP contribution in [0.25, 0.3) is 0 Å². The van der Waals surface area contributed by atoms with Gasteiger partial charge in [-0.25, -0.2) is 0 Å². The molecule has 0 spiro atoms. The molecule has 0 saturated heterocycles. The van der Waals surface area contributed by atoms with Gasteiger partial charge in [0.25, 0.3) is 11.8 Å². The maximum Gasteiger partial charge on any atom is 0.258 e. The minimum Gasteiger partial charge on any atom is -0.493 e. The lowest BCUT2D eigenvalue weighted by Gasteiger charge is -2.11. The minimum absolute atomic E-state index is 0.119. The Hall–Kier alpha value is -3.02. The van der Waals surface area contributed by atoms with Crippen LogP contribution in [0.1, 0.15) is 15.9 Å². The van der Waals surface area contributed by atoms with Crippen LogP contribution in [0.2, 0.25) is 0 Å². The zero-order chi connectivity index (χ0) is 18.1. The largest absolute Gasteiger partial charge is 0.493 e. The maximum atomic E-state index is 12.0. The average Bonchev–Trinajstić information content (AvgIpc) is 2.64. The molecule has 0 aliphatic heterocycles. The second-order valence-corrected chi connectivity index (χ2v) is 5.36. The van der Waals surface area contributed by atoms with Crippen molar-refractivity contribution in [2.75, 3.05) is 26.8 Å². The predicted molar refractivity (Wildman–Crippen MR) is 95.0 cm³/mol. The third kappa shape index (κ3) is 5.53. The molecule has 2 N–H and O–H groups in total. The average molecular weight is 342 g/mol. The molecule has 0 unspecified atom stereocenters. The molecule has 0 fully saturated rings. The first-order chi connectivity index (χ1) is 12.1. The highest BCUT2D eigenvalue weighted by molar-refractivity contribution is 5.95. The third-order valence-electron chi connectivity index (χ3n) is 3.55. The first kappa shape index (κ1) is 18.3. The predicted octanol–water partition coefficient (Wildman–Crippen LogP) is 1.93. The zero-order valence-electron chi connectivity index (χ0n) is 14.4. The Kier molecular flexibility index (Phi) is 6.83. The van der Waals surface area contributed by atoms with Crippen molar-refractivity contribution in [2.45, 2.75) is 6.92 Å². The summed E-state index contributed by atoms with van der Waals surface area (Å²) >= 11 is 0.